The molecule has 148 valence electrons. The van der Waals surface area contributed by atoms with E-state index in [0.717, 1.165) is 0 Å². The molecule has 0 radical (unpaired) electrons. The molecule has 6 N–H and O–H groups in total. The summed E-state index contributed by atoms with van der Waals surface area (Å²) >= 11 is 0. The number of carboxylic acids is 1. The van der Waals surface area contributed by atoms with Crippen molar-refractivity contribution >= 4 is 17.8 Å². The predicted molar refractivity (Wildman–Crippen MR) is 84.1 cm³/mol. The van der Waals surface area contributed by atoms with Crippen LogP contribution in [0.3, 0.4) is 0 Å². The average molecular weight is 383 g/mol. The second-order valence-corrected chi connectivity index (χ2v) is 5.93. The number of hydrogen-bond acceptors (Lipinski definition) is 9. The minimum Gasteiger partial charge on any atom is -0.548 e. The maximum absolute atomic E-state index is 12.0. The van der Waals surface area contributed by atoms with Gasteiger partial charge in [0, 0.05) is 0 Å². The predicted octanol–water partition coefficient (Wildman–Crippen LogP) is -4.66. The Morgan fingerprint density at radius 2 is 1.63 bits per heavy atom. The second-order valence-electron chi connectivity index (χ2n) is 5.93. The number of aliphatic hydroxyl groups excluding tert-OH is 4. The number of carbonyl (C=O) groups is 3. The van der Waals surface area contributed by atoms with Crippen molar-refractivity contribution in [2.75, 3.05) is 0 Å². The Kier molecular flexibility index (Phi) is 6.82. The van der Waals surface area contributed by atoms with E-state index in [2.05, 4.69) is 4.74 Å². The van der Waals surface area contributed by atoms with Crippen LogP contribution in [0.25, 0.3) is 0 Å². The summed E-state index contributed by atoms with van der Waals surface area (Å²) in [5, 5.41) is 53.2. The van der Waals surface area contributed by atoms with E-state index in [0.29, 0.717) is 5.56 Å². The lowest BCUT2D eigenvalue weighted by molar-refractivity contribution is -0.308. The molecule has 1 aromatic rings. The summed E-state index contributed by atoms with van der Waals surface area (Å²) in [4.78, 5) is 35.1. The van der Waals surface area contributed by atoms with Gasteiger partial charge in [-0.05, 0) is 12.0 Å². The van der Waals surface area contributed by atoms with E-state index in [1.54, 1.807) is 30.3 Å². The summed E-state index contributed by atoms with van der Waals surface area (Å²) in [6.45, 7) is 0. The first-order chi connectivity index (χ1) is 12.7. The number of benzene rings is 1. The summed E-state index contributed by atoms with van der Waals surface area (Å²) < 4.78 is 4.51. The standard InChI is InChI=1S/C16H20N2O9/c19-10-9(15(25)27-16(26)11(10)20)18-13(22)12(21)17-8(14(23)24)6-7-4-2-1-3-5-7/h1-5,8-11,15-16,19-20,25-26H,6H2,(H,17,21)(H,18,22)(H,23,24)/p-1/t8-,9-,10+,11+,15-,16+/m1/s1. The third-order valence-electron chi connectivity index (χ3n) is 3.97. The zero-order valence-electron chi connectivity index (χ0n) is 13.9. The zero-order chi connectivity index (χ0) is 20.1. The van der Waals surface area contributed by atoms with E-state index in [4.69, 9.17) is 0 Å². The van der Waals surface area contributed by atoms with Crippen LogP contribution in [0.4, 0.5) is 0 Å². The van der Waals surface area contributed by atoms with Crippen LogP contribution in [0.1, 0.15) is 5.56 Å². The van der Waals surface area contributed by atoms with Gasteiger partial charge < -0.3 is 45.7 Å². The minimum atomic E-state index is -1.91. The lowest BCUT2D eigenvalue weighted by Gasteiger charge is -2.38. The highest BCUT2D eigenvalue weighted by Gasteiger charge is 2.44. The molecule has 2 rings (SSSR count). The van der Waals surface area contributed by atoms with Gasteiger partial charge in [-0.15, -0.1) is 0 Å². The Balaban J connectivity index is 1.99. The molecule has 2 amide bonds. The third-order valence-corrected chi connectivity index (χ3v) is 3.97. The number of hydrogen-bond donors (Lipinski definition) is 6. The first-order valence-corrected chi connectivity index (χ1v) is 7.94. The van der Waals surface area contributed by atoms with E-state index in [9.17, 15) is 39.9 Å². The van der Waals surface area contributed by atoms with Gasteiger partial charge in [0.25, 0.3) is 0 Å². The quantitative estimate of drug-likeness (QED) is 0.272. The topological polar surface area (TPSA) is 188 Å². The van der Waals surface area contributed by atoms with Crippen LogP contribution >= 0.6 is 0 Å². The maximum Gasteiger partial charge on any atom is 0.309 e. The summed E-state index contributed by atoms with van der Waals surface area (Å²) in [5.74, 6) is -4.36. The third kappa shape index (κ3) is 5.21. The molecule has 27 heavy (non-hydrogen) atoms. The van der Waals surface area contributed by atoms with Crippen molar-refractivity contribution in [1.82, 2.24) is 10.6 Å². The number of rotatable bonds is 5. The first kappa shape index (κ1) is 20.7. The minimum absolute atomic E-state index is 0.134. The van der Waals surface area contributed by atoms with Gasteiger partial charge in [-0.2, -0.15) is 0 Å². The maximum atomic E-state index is 12.0. The molecule has 6 atom stereocenters. The lowest BCUT2D eigenvalue weighted by Crippen LogP contribution is -2.65. The first-order valence-electron chi connectivity index (χ1n) is 7.94. The highest BCUT2D eigenvalue weighted by molar-refractivity contribution is 6.35. The Bertz CT molecular complexity index is 684. The van der Waals surface area contributed by atoms with Gasteiger partial charge >= 0.3 is 11.8 Å². The van der Waals surface area contributed by atoms with Gasteiger partial charge in [0.15, 0.2) is 12.6 Å². The molecular formula is C16H19N2O9-. The van der Waals surface area contributed by atoms with Crippen LogP contribution < -0.4 is 15.7 Å². The number of carbonyl (C=O) groups excluding carboxylic acids is 3. The second kappa shape index (κ2) is 8.88. The number of carboxylic acid groups (broad SMARTS) is 1. The molecule has 1 aliphatic heterocycles. The SMILES string of the molecule is O=C(N[C@@H]1[C@H](O)[C@H](O)[C@@H](O)O[C@H]1O)C(=O)N[C@H](Cc1ccccc1)C(=O)[O-]. The molecule has 1 aliphatic rings. The number of amides is 2. The van der Waals surface area contributed by atoms with Gasteiger partial charge in [-0.1, -0.05) is 30.3 Å². The van der Waals surface area contributed by atoms with Crippen molar-refractivity contribution in [2.24, 2.45) is 0 Å². The van der Waals surface area contributed by atoms with Crippen molar-refractivity contribution in [2.45, 2.75) is 43.3 Å². The van der Waals surface area contributed by atoms with Gasteiger partial charge in [0.05, 0.1) is 12.0 Å². The Morgan fingerprint density at radius 3 is 2.22 bits per heavy atom. The van der Waals surface area contributed by atoms with Gasteiger partial charge in [0.2, 0.25) is 0 Å². The fraction of sp³-hybridized carbons (Fsp3) is 0.438. The van der Waals surface area contributed by atoms with Crippen molar-refractivity contribution in [3.8, 4) is 0 Å². The Morgan fingerprint density at radius 1 is 1.00 bits per heavy atom. The monoisotopic (exact) mass is 383 g/mol. The van der Waals surface area contributed by atoms with Crippen molar-refractivity contribution in [3.63, 3.8) is 0 Å². The number of aliphatic hydroxyl groups is 4. The summed E-state index contributed by atoms with van der Waals surface area (Å²) in [6, 6.07) is 5.18. The molecule has 11 nitrogen and oxygen atoms in total. The Hall–Kier alpha value is -2.57. The fourth-order valence-corrected chi connectivity index (χ4v) is 2.50. The lowest BCUT2D eigenvalue weighted by atomic mass is 10.0. The molecule has 0 aromatic heterocycles. The van der Waals surface area contributed by atoms with Gasteiger partial charge in [0.1, 0.15) is 18.2 Å². The van der Waals surface area contributed by atoms with E-state index in [1.807, 2.05) is 10.6 Å². The summed E-state index contributed by atoms with van der Waals surface area (Å²) in [7, 11) is 0. The summed E-state index contributed by atoms with van der Waals surface area (Å²) in [5.41, 5.74) is 0.580. The molecule has 0 saturated carbocycles. The van der Waals surface area contributed by atoms with E-state index < -0.39 is 54.7 Å². The summed E-state index contributed by atoms with van der Waals surface area (Å²) in [6.07, 6.45) is -7.59. The largest absolute Gasteiger partial charge is 0.548 e. The van der Waals surface area contributed by atoms with E-state index in [1.165, 1.54) is 0 Å². The van der Waals surface area contributed by atoms with Gasteiger partial charge in [-0.3, -0.25) is 9.59 Å². The number of ether oxygens (including phenoxy) is 1. The van der Waals surface area contributed by atoms with Gasteiger partial charge in [-0.25, -0.2) is 0 Å². The Labute approximate surface area is 153 Å². The van der Waals surface area contributed by atoms with Crippen LogP contribution in [0.2, 0.25) is 0 Å². The molecule has 1 fully saturated rings. The highest BCUT2D eigenvalue weighted by Crippen LogP contribution is 2.18. The van der Waals surface area contributed by atoms with E-state index in [-0.39, 0.29) is 6.42 Å². The molecule has 0 spiro atoms. The molecular weight excluding hydrogens is 364 g/mol. The smallest absolute Gasteiger partial charge is 0.309 e. The van der Waals surface area contributed by atoms with Crippen LogP contribution in [-0.4, -0.2) is 75.1 Å². The van der Waals surface area contributed by atoms with Crippen molar-refractivity contribution in [3.05, 3.63) is 35.9 Å². The highest BCUT2D eigenvalue weighted by atomic mass is 16.7. The molecule has 0 aliphatic carbocycles. The number of aliphatic carboxylic acids is 1. The molecule has 0 bridgehead atoms. The average Bonchev–Trinajstić information content (AvgIpc) is 2.63. The molecule has 0 unspecified atom stereocenters. The molecule has 1 heterocycles. The fourth-order valence-electron chi connectivity index (χ4n) is 2.50. The van der Waals surface area contributed by atoms with Crippen LogP contribution in [-0.2, 0) is 25.5 Å². The number of nitrogens with one attached hydrogen (secondary N) is 2. The van der Waals surface area contributed by atoms with E-state index >= 15 is 0 Å². The molecule has 1 aromatic carbocycles. The molecule has 1 saturated heterocycles. The van der Waals surface area contributed by atoms with Crippen molar-refractivity contribution < 1.29 is 44.7 Å². The normalized spacial score (nSPS) is 28.8. The van der Waals surface area contributed by atoms with Crippen LogP contribution in [0.15, 0.2) is 30.3 Å². The zero-order valence-corrected chi connectivity index (χ0v) is 13.9. The van der Waals surface area contributed by atoms with Crippen LogP contribution in [0.5, 0.6) is 0 Å². The van der Waals surface area contributed by atoms with Crippen LogP contribution in [0, 0.1) is 0 Å². The van der Waals surface area contributed by atoms with Crippen molar-refractivity contribution in [1.29, 1.82) is 0 Å². The molecule has 11 heteroatoms.